The van der Waals surface area contributed by atoms with Crippen LogP contribution in [0.1, 0.15) is 77.1 Å². The number of ether oxygens (including phenoxy) is 3. The topological polar surface area (TPSA) is 184 Å². The first-order chi connectivity index (χ1) is 30.3. The van der Waals surface area contributed by atoms with Gasteiger partial charge in [-0.15, -0.1) is 0 Å². The molecule has 5 aromatic rings. The minimum absolute atomic E-state index is 0.109. The molecule has 0 bridgehead atoms. The Morgan fingerprint density at radius 1 is 0.698 bits per heavy atom. The normalized spacial score (nSPS) is 20.0. The van der Waals surface area contributed by atoms with E-state index in [0.717, 1.165) is 69.5 Å². The van der Waals surface area contributed by atoms with Crippen molar-refractivity contribution >= 4 is 34.8 Å². The molecule has 4 N–H and O–H groups in total. The molecule has 1 unspecified atom stereocenters. The third-order valence-electron chi connectivity index (χ3n) is 13.1. The zero-order valence-corrected chi connectivity index (χ0v) is 37.1. The lowest BCUT2D eigenvalue weighted by Gasteiger charge is -2.30. The van der Waals surface area contributed by atoms with E-state index in [2.05, 4.69) is 81.3 Å². The van der Waals surface area contributed by atoms with E-state index in [4.69, 9.17) is 24.2 Å². The van der Waals surface area contributed by atoms with E-state index in [9.17, 15) is 19.2 Å². The molecule has 2 aromatic heterocycles. The van der Waals surface area contributed by atoms with E-state index in [-0.39, 0.29) is 47.1 Å². The maximum atomic E-state index is 13.9. The average Bonchev–Trinajstić information content (AvgIpc) is 3.78. The number of nitrogens with one attached hydrogen (secondary N) is 4. The maximum absolute atomic E-state index is 13.9. The number of rotatable bonds is 13. The van der Waals surface area contributed by atoms with Crippen LogP contribution >= 0.6 is 0 Å². The smallest absolute Gasteiger partial charge is 0.407 e. The standard InChI is InChI=1S/C48H58N8O7/c1-27(2)40(53-46(59)62-6)44(57)55-24-29(25-61-5)18-38(55)42-49-22-36(51-42)31-10-8-30(9-11-31)32-12-13-34-20-35(15-14-33(34)19-32)37-23-50-43(52-37)39-21-48(16-17-48)26-56(39)45(58)41(28(3)4)54-47(60)63-7/h8-15,19-20,22-23,27-29,38-41H,16-18,21,24-26H2,1-7H3,(H,49,51)(H,50,52)(H,53,59)(H,54,60)/t29-,38?,39-,40-,41-/m0/s1. The molecular formula is C48H58N8O7. The van der Waals surface area contributed by atoms with E-state index in [1.165, 1.54) is 14.2 Å². The molecule has 3 aromatic carbocycles. The monoisotopic (exact) mass is 858 g/mol. The molecule has 8 rings (SSSR count). The van der Waals surface area contributed by atoms with E-state index in [1.807, 2.05) is 38.8 Å². The summed E-state index contributed by atoms with van der Waals surface area (Å²) in [5.41, 5.74) is 5.96. The van der Waals surface area contributed by atoms with Gasteiger partial charge in [-0.3, -0.25) is 9.59 Å². The molecule has 4 heterocycles. The molecule has 1 aliphatic carbocycles. The molecule has 1 spiro atoms. The molecule has 0 radical (unpaired) electrons. The first-order valence-electron chi connectivity index (χ1n) is 21.8. The molecule has 3 fully saturated rings. The van der Waals surface area contributed by atoms with E-state index in [1.54, 1.807) is 18.2 Å². The second kappa shape index (κ2) is 17.9. The molecular weight excluding hydrogens is 801 g/mol. The predicted molar refractivity (Wildman–Crippen MR) is 238 cm³/mol. The van der Waals surface area contributed by atoms with Crippen LogP contribution in [0, 0.1) is 23.2 Å². The number of benzene rings is 3. The van der Waals surface area contributed by atoms with Gasteiger partial charge in [-0.05, 0) is 82.5 Å². The second-order valence-corrected chi connectivity index (χ2v) is 18.2. The Balaban J connectivity index is 0.963. The number of amides is 4. The lowest BCUT2D eigenvalue weighted by molar-refractivity contribution is -0.136. The number of aromatic amines is 2. The predicted octanol–water partition coefficient (Wildman–Crippen LogP) is 7.64. The van der Waals surface area contributed by atoms with Gasteiger partial charge in [-0.2, -0.15) is 0 Å². The van der Waals surface area contributed by atoms with Crippen molar-refractivity contribution in [1.29, 1.82) is 0 Å². The maximum Gasteiger partial charge on any atom is 0.407 e. The van der Waals surface area contributed by atoms with Gasteiger partial charge in [0.2, 0.25) is 11.8 Å². The number of fused-ring (bicyclic) bond motifs is 1. The van der Waals surface area contributed by atoms with Crippen LogP contribution in [0.4, 0.5) is 9.59 Å². The first kappa shape index (κ1) is 43.4. The third kappa shape index (κ3) is 9.01. The Hall–Kier alpha value is -6.22. The van der Waals surface area contributed by atoms with E-state index in [0.29, 0.717) is 31.9 Å². The van der Waals surface area contributed by atoms with Crippen LogP contribution in [0.15, 0.2) is 73.1 Å². The number of carbonyl (C=O) groups excluding carboxylic acids is 4. The summed E-state index contributed by atoms with van der Waals surface area (Å²) in [5, 5.41) is 7.66. The second-order valence-electron chi connectivity index (χ2n) is 18.2. The summed E-state index contributed by atoms with van der Waals surface area (Å²) in [6.07, 6.45) is 6.08. The van der Waals surface area contributed by atoms with Crippen LogP contribution in [-0.2, 0) is 23.8 Å². The van der Waals surface area contributed by atoms with Crippen LogP contribution in [0.25, 0.3) is 44.4 Å². The number of likely N-dealkylation sites (tertiary alicyclic amines) is 2. The SMILES string of the molecule is COC[C@H]1CC(c2ncc(-c3ccc(-c4ccc5cc(-c6cnc([C@@H]7CC8(CC8)CN7C(=O)[C@@H](NC(=O)OC)C(C)C)[nH]6)ccc5c4)cc3)[nH]2)N(C(=O)[C@@H](NC(=O)OC)C(C)C)C1. The van der Waals surface area contributed by atoms with Crippen molar-refractivity contribution in [2.75, 3.05) is 41.0 Å². The van der Waals surface area contributed by atoms with Crippen molar-refractivity contribution in [3.8, 4) is 33.6 Å². The summed E-state index contributed by atoms with van der Waals surface area (Å²) in [4.78, 5) is 72.3. The molecule has 3 aliphatic rings. The molecule has 1 saturated carbocycles. The van der Waals surface area contributed by atoms with Crippen LogP contribution in [0.5, 0.6) is 0 Å². The molecule has 5 atom stereocenters. The Bertz CT molecular complexity index is 2470. The fourth-order valence-electron chi connectivity index (χ4n) is 9.35. The summed E-state index contributed by atoms with van der Waals surface area (Å²) >= 11 is 0. The van der Waals surface area contributed by atoms with Crippen molar-refractivity contribution in [2.45, 2.75) is 77.5 Å². The van der Waals surface area contributed by atoms with Gasteiger partial charge < -0.3 is 44.6 Å². The first-order valence-corrected chi connectivity index (χ1v) is 21.8. The number of carbonyl (C=O) groups is 4. The van der Waals surface area contributed by atoms with Crippen molar-refractivity contribution in [3.05, 3.63) is 84.7 Å². The summed E-state index contributed by atoms with van der Waals surface area (Å²) in [6, 6.07) is 19.2. The van der Waals surface area contributed by atoms with Crippen LogP contribution in [0.3, 0.4) is 0 Å². The lowest BCUT2D eigenvalue weighted by atomic mass is 9.98. The number of aromatic nitrogens is 4. The van der Waals surface area contributed by atoms with Crippen molar-refractivity contribution in [3.63, 3.8) is 0 Å². The number of methoxy groups -OCH3 is 3. The van der Waals surface area contributed by atoms with Crippen molar-refractivity contribution < 1.29 is 33.4 Å². The molecule has 15 heteroatoms. The highest BCUT2D eigenvalue weighted by molar-refractivity contribution is 5.91. The largest absolute Gasteiger partial charge is 0.453 e. The molecule has 63 heavy (non-hydrogen) atoms. The quantitative estimate of drug-likeness (QED) is 0.0925. The molecule has 2 saturated heterocycles. The Labute approximate surface area is 367 Å². The minimum Gasteiger partial charge on any atom is -0.453 e. The highest BCUT2D eigenvalue weighted by atomic mass is 16.5. The zero-order valence-electron chi connectivity index (χ0n) is 37.1. The van der Waals surface area contributed by atoms with Gasteiger partial charge >= 0.3 is 12.2 Å². The summed E-state index contributed by atoms with van der Waals surface area (Å²) in [6.45, 7) is 9.30. The summed E-state index contributed by atoms with van der Waals surface area (Å²) in [7, 11) is 4.25. The van der Waals surface area contributed by atoms with Gasteiger partial charge in [0.15, 0.2) is 0 Å². The molecule has 2 aliphatic heterocycles. The van der Waals surface area contributed by atoms with Gasteiger partial charge in [0.05, 0.1) is 56.7 Å². The highest BCUT2D eigenvalue weighted by Crippen LogP contribution is 2.58. The Morgan fingerprint density at radius 3 is 1.76 bits per heavy atom. The van der Waals surface area contributed by atoms with E-state index < -0.39 is 24.3 Å². The minimum atomic E-state index is -0.739. The third-order valence-corrected chi connectivity index (χ3v) is 13.1. The molecule has 332 valence electrons. The van der Waals surface area contributed by atoms with Crippen molar-refractivity contribution in [1.82, 2.24) is 40.4 Å². The number of alkyl carbamates (subject to hydrolysis) is 2. The lowest BCUT2D eigenvalue weighted by Crippen LogP contribution is -2.51. The molecule has 15 nitrogen and oxygen atoms in total. The van der Waals surface area contributed by atoms with Gasteiger partial charge in [0, 0.05) is 31.7 Å². The zero-order chi connectivity index (χ0) is 44.6. The number of hydrogen-bond acceptors (Lipinski definition) is 9. The summed E-state index contributed by atoms with van der Waals surface area (Å²) < 4.78 is 15.1. The average molecular weight is 859 g/mol. The Kier molecular flexibility index (Phi) is 12.3. The van der Waals surface area contributed by atoms with Gasteiger partial charge in [-0.25, -0.2) is 19.6 Å². The fourth-order valence-corrected chi connectivity index (χ4v) is 9.35. The highest BCUT2D eigenvalue weighted by Gasteiger charge is 2.55. The fraction of sp³-hybridized carbons (Fsp3) is 0.458. The van der Waals surface area contributed by atoms with Gasteiger partial charge in [0.25, 0.3) is 0 Å². The number of H-pyrrole nitrogens is 2. The van der Waals surface area contributed by atoms with Crippen molar-refractivity contribution in [2.24, 2.45) is 23.2 Å². The number of nitrogens with zero attached hydrogens (tertiary/aromatic N) is 4. The number of imidazole rings is 2. The van der Waals surface area contributed by atoms with Gasteiger partial charge in [-0.1, -0.05) is 76.2 Å². The van der Waals surface area contributed by atoms with Crippen LogP contribution in [0.2, 0.25) is 0 Å². The summed E-state index contributed by atoms with van der Waals surface area (Å²) in [5.74, 6) is 1.02. The Morgan fingerprint density at radius 2 is 1.21 bits per heavy atom. The van der Waals surface area contributed by atoms with Gasteiger partial charge in [0.1, 0.15) is 23.7 Å². The van der Waals surface area contributed by atoms with E-state index >= 15 is 0 Å². The van der Waals surface area contributed by atoms with Crippen LogP contribution < -0.4 is 10.6 Å². The van der Waals surface area contributed by atoms with Crippen LogP contribution in [-0.4, -0.2) is 107 Å². The molecule has 4 amide bonds. The number of hydrogen-bond donors (Lipinski definition) is 4.